The summed E-state index contributed by atoms with van der Waals surface area (Å²) in [4.78, 5) is 2.46. The molecule has 0 aromatic heterocycles. The van der Waals surface area contributed by atoms with Crippen molar-refractivity contribution in [1.29, 1.82) is 0 Å². The van der Waals surface area contributed by atoms with E-state index in [-0.39, 0.29) is 11.7 Å². The van der Waals surface area contributed by atoms with Crippen LogP contribution in [0.2, 0.25) is 0 Å². The Kier molecular flexibility index (Phi) is 3.93. The van der Waals surface area contributed by atoms with E-state index in [9.17, 15) is 0 Å². The monoisotopic (exact) mass is 200 g/mol. The van der Waals surface area contributed by atoms with Crippen LogP contribution in [0.25, 0.3) is 0 Å². The van der Waals surface area contributed by atoms with Crippen molar-refractivity contribution in [3.63, 3.8) is 0 Å². The van der Waals surface area contributed by atoms with Crippen LogP contribution in [0.3, 0.4) is 0 Å². The first kappa shape index (κ1) is 12.0. The summed E-state index contributed by atoms with van der Waals surface area (Å²) in [5.41, 5.74) is 5.62. The molecule has 1 heterocycles. The van der Waals surface area contributed by atoms with Gasteiger partial charge in [-0.2, -0.15) is 0 Å². The molecule has 3 heteroatoms. The minimum absolute atomic E-state index is 0.0445. The molecule has 0 radical (unpaired) electrons. The topological polar surface area (TPSA) is 38.5 Å². The van der Waals surface area contributed by atoms with E-state index < -0.39 is 0 Å². The zero-order valence-electron chi connectivity index (χ0n) is 9.92. The van der Waals surface area contributed by atoms with Gasteiger partial charge in [-0.15, -0.1) is 0 Å². The average molecular weight is 200 g/mol. The molecule has 0 bridgehead atoms. The quantitative estimate of drug-likeness (QED) is 0.741. The normalized spacial score (nSPS) is 28.3. The first-order chi connectivity index (χ1) is 6.43. The van der Waals surface area contributed by atoms with Gasteiger partial charge >= 0.3 is 0 Å². The second-order valence-corrected chi connectivity index (χ2v) is 5.32. The number of nitrogens with two attached hydrogens (primary N) is 1. The van der Waals surface area contributed by atoms with Crippen LogP contribution >= 0.6 is 0 Å². The number of rotatable bonds is 3. The van der Waals surface area contributed by atoms with Crippen molar-refractivity contribution in [3.05, 3.63) is 0 Å². The number of hydrogen-bond donors (Lipinski definition) is 1. The molecule has 0 amide bonds. The Morgan fingerprint density at radius 1 is 1.50 bits per heavy atom. The van der Waals surface area contributed by atoms with Gasteiger partial charge in [-0.25, -0.2) is 0 Å². The lowest BCUT2D eigenvalue weighted by Gasteiger charge is -2.43. The van der Waals surface area contributed by atoms with Crippen LogP contribution in [0, 0.1) is 5.92 Å². The van der Waals surface area contributed by atoms with Gasteiger partial charge in [0.15, 0.2) is 0 Å². The SMILES string of the molecule is CC(C)CN1CC(CN)OC(C)(C)C1. The largest absolute Gasteiger partial charge is 0.368 e. The molecule has 1 unspecified atom stereocenters. The van der Waals surface area contributed by atoms with E-state index in [1.165, 1.54) is 0 Å². The van der Waals surface area contributed by atoms with Crippen molar-refractivity contribution in [2.24, 2.45) is 11.7 Å². The van der Waals surface area contributed by atoms with Gasteiger partial charge in [0, 0.05) is 26.2 Å². The van der Waals surface area contributed by atoms with E-state index in [4.69, 9.17) is 10.5 Å². The third-order valence-electron chi connectivity index (χ3n) is 2.44. The summed E-state index contributed by atoms with van der Waals surface area (Å²) in [6.45, 7) is 12.5. The van der Waals surface area contributed by atoms with Crippen molar-refractivity contribution in [1.82, 2.24) is 4.90 Å². The van der Waals surface area contributed by atoms with Gasteiger partial charge in [0.25, 0.3) is 0 Å². The Hall–Kier alpha value is -0.120. The molecule has 84 valence electrons. The molecular formula is C11H24N2O. The van der Waals surface area contributed by atoms with Crippen molar-refractivity contribution in [2.75, 3.05) is 26.2 Å². The molecule has 0 aromatic rings. The second-order valence-electron chi connectivity index (χ2n) is 5.32. The van der Waals surface area contributed by atoms with E-state index in [2.05, 4.69) is 32.6 Å². The van der Waals surface area contributed by atoms with Crippen molar-refractivity contribution < 1.29 is 4.74 Å². The summed E-state index contributed by atoms with van der Waals surface area (Å²) in [6, 6.07) is 0. The van der Waals surface area contributed by atoms with Crippen molar-refractivity contribution in [3.8, 4) is 0 Å². The Labute approximate surface area is 87.6 Å². The second kappa shape index (κ2) is 4.60. The van der Waals surface area contributed by atoms with Crippen LogP contribution in [0.15, 0.2) is 0 Å². The highest BCUT2D eigenvalue weighted by Crippen LogP contribution is 2.21. The summed E-state index contributed by atoms with van der Waals surface area (Å²) in [5.74, 6) is 0.710. The fourth-order valence-electron chi connectivity index (χ4n) is 2.19. The third kappa shape index (κ3) is 3.56. The third-order valence-corrected chi connectivity index (χ3v) is 2.44. The Bertz CT molecular complexity index is 180. The standard InChI is InChI=1S/C11H24N2O/c1-9(2)6-13-7-10(5-12)14-11(3,4)8-13/h9-10H,5-8,12H2,1-4H3. The zero-order chi connectivity index (χ0) is 10.8. The highest BCUT2D eigenvalue weighted by molar-refractivity contribution is 4.84. The van der Waals surface area contributed by atoms with E-state index in [1.54, 1.807) is 0 Å². The molecule has 1 aliphatic heterocycles. The summed E-state index contributed by atoms with van der Waals surface area (Å²) in [5, 5.41) is 0. The van der Waals surface area contributed by atoms with E-state index in [0.29, 0.717) is 12.5 Å². The molecule has 0 aromatic carbocycles. The first-order valence-corrected chi connectivity index (χ1v) is 5.53. The van der Waals surface area contributed by atoms with Crippen LogP contribution in [0.4, 0.5) is 0 Å². The minimum atomic E-state index is -0.0445. The van der Waals surface area contributed by atoms with E-state index >= 15 is 0 Å². The summed E-state index contributed by atoms with van der Waals surface area (Å²) < 4.78 is 5.87. The lowest BCUT2D eigenvalue weighted by atomic mass is 10.0. The zero-order valence-corrected chi connectivity index (χ0v) is 9.92. The predicted octanol–water partition coefficient (Wildman–Crippen LogP) is 1.08. The lowest BCUT2D eigenvalue weighted by Crippen LogP contribution is -2.55. The highest BCUT2D eigenvalue weighted by atomic mass is 16.5. The van der Waals surface area contributed by atoms with Crippen LogP contribution in [0.1, 0.15) is 27.7 Å². The van der Waals surface area contributed by atoms with Crippen molar-refractivity contribution in [2.45, 2.75) is 39.4 Å². The molecule has 1 fully saturated rings. The van der Waals surface area contributed by atoms with Gasteiger partial charge in [-0.1, -0.05) is 13.8 Å². The Morgan fingerprint density at radius 2 is 2.14 bits per heavy atom. The molecule has 2 N–H and O–H groups in total. The summed E-state index contributed by atoms with van der Waals surface area (Å²) in [7, 11) is 0. The van der Waals surface area contributed by atoms with Crippen molar-refractivity contribution >= 4 is 0 Å². The smallest absolute Gasteiger partial charge is 0.0831 e. The molecule has 0 aliphatic carbocycles. The predicted molar refractivity (Wildman–Crippen MR) is 59.3 cm³/mol. The highest BCUT2D eigenvalue weighted by Gasteiger charge is 2.32. The molecule has 3 nitrogen and oxygen atoms in total. The van der Waals surface area contributed by atoms with E-state index in [0.717, 1.165) is 19.6 Å². The van der Waals surface area contributed by atoms with Gasteiger partial charge in [0.2, 0.25) is 0 Å². The molecule has 14 heavy (non-hydrogen) atoms. The number of nitrogens with zero attached hydrogens (tertiary/aromatic N) is 1. The summed E-state index contributed by atoms with van der Waals surface area (Å²) in [6.07, 6.45) is 0.206. The maximum atomic E-state index is 5.87. The maximum Gasteiger partial charge on any atom is 0.0831 e. The van der Waals surface area contributed by atoms with Crippen LogP contribution in [0.5, 0.6) is 0 Å². The molecule has 0 saturated carbocycles. The maximum absolute atomic E-state index is 5.87. The molecule has 1 aliphatic rings. The molecule has 0 spiro atoms. The van der Waals surface area contributed by atoms with Gasteiger partial charge in [-0.05, 0) is 19.8 Å². The fraction of sp³-hybridized carbons (Fsp3) is 1.00. The van der Waals surface area contributed by atoms with Gasteiger partial charge < -0.3 is 10.5 Å². The molecule has 1 atom stereocenters. The average Bonchev–Trinajstić information content (AvgIpc) is 1.99. The number of hydrogen-bond acceptors (Lipinski definition) is 3. The molecular weight excluding hydrogens is 176 g/mol. The number of morpholine rings is 1. The number of ether oxygens (including phenoxy) is 1. The van der Waals surface area contributed by atoms with Gasteiger partial charge in [0.05, 0.1) is 11.7 Å². The molecule has 1 saturated heterocycles. The van der Waals surface area contributed by atoms with E-state index in [1.807, 2.05) is 0 Å². The fourth-order valence-corrected chi connectivity index (χ4v) is 2.19. The van der Waals surface area contributed by atoms with Crippen LogP contribution in [-0.2, 0) is 4.74 Å². The van der Waals surface area contributed by atoms with Gasteiger partial charge in [0.1, 0.15) is 0 Å². The Morgan fingerprint density at radius 3 is 2.64 bits per heavy atom. The van der Waals surface area contributed by atoms with Gasteiger partial charge in [-0.3, -0.25) is 4.90 Å². The Balaban J connectivity index is 2.52. The van der Waals surface area contributed by atoms with Crippen LogP contribution in [-0.4, -0.2) is 42.8 Å². The first-order valence-electron chi connectivity index (χ1n) is 5.53. The minimum Gasteiger partial charge on any atom is -0.368 e. The van der Waals surface area contributed by atoms with Crippen LogP contribution < -0.4 is 5.73 Å². The summed E-state index contributed by atoms with van der Waals surface area (Å²) >= 11 is 0. The lowest BCUT2D eigenvalue weighted by molar-refractivity contribution is -0.133. The molecule has 1 rings (SSSR count).